The molecule has 0 aliphatic carbocycles. The lowest BCUT2D eigenvalue weighted by Crippen LogP contribution is -2.52. The van der Waals surface area contributed by atoms with Crippen molar-refractivity contribution >= 4 is 23.8 Å². The Kier molecular flexibility index (Phi) is 5.67. The number of ether oxygens (including phenoxy) is 3. The molecule has 3 aliphatic rings. The number of nitrogens with one attached hydrogen (secondary N) is 2. The number of amides is 4. The van der Waals surface area contributed by atoms with E-state index in [4.69, 9.17) is 14.2 Å². The minimum Gasteiger partial charge on any atom is -0.447 e. The van der Waals surface area contributed by atoms with Gasteiger partial charge in [0.2, 0.25) is 11.8 Å². The molecule has 4 amide bonds. The number of imide groups is 1. The van der Waals surface area contributed by atoms with Crippen molar-refractivity contribution in [1.82, 2.24) is 15.5 Å². The number of alkyl carbamates (subject to hydrolysis) is 1. The van der Waals surface area contributed by atoms with Crippen LogP contribution >= 0.6 is 0 Å². The molecule has 3 aliphatic heterocycles. The Morgan fingerprint density at radius 3 is 2.84 bits per heavy atom. The fourth-order valence-electron chi connectivity index (χ4n) is 3.95. The van der Waals surface area contributed by atoms with Crippen molar-refractivity contribution in [2.45, 2.75) is 57.7 Å². The summed E-state index contributed by atoms with van der Waals surface area (Å²) < 4.78 is 16.2. The molecule has 0 aromatic heterocycles. The van der Waals surface area contributed by atoms with Crippen molar-refractivity contribution in [3.05, 3.63) is 34.9 Å². The molecule has 0 saturated carbocycles. The number of benzene rings is 1. The first-order chi connectivity index (χ1) is 14.7. The van der Waals surface area contributed by atoms with E-state index >= 15 is 0 Å². The van der Waals surface area contributed by atoms with Gasteiger partial charge in [0.25, 0.3) is 5.91 Å². The first-order valence-corrected chi connectivity index (χ1v) is 10.2. The van der Waals surface area contributed by atoms with Gasteiger partial charge in [0.1, 0.15) is 18.8 Å². The number of piperidine rings is 1. The number of hydrogen-bond donors (Lipinski definition) is 2. The highest BCUT2D eigenvalue weighted by atomic mass is 16.7. The average molecular weight is 431 g/mol. The van der Waals surface area contributed by atoms with Crippen LogP contribution < -0.4 is 10.6 Å². The number of fused-ring (bicyclic) bond motifs is 1. The molecular formula is C21H25N3O7. The van der Waals surface area contributed by atoms with Crippen molar-refractivity contribution in [1.29, 1.82) is 0 Å². The van der Waals surface area contributed by atoms with Gasteiger partial charge in [-0.3, -0.25) is 19.7 Å². The minimum atomic E-state index is -0.677. The van der Waals surface area contributed by atoms with Crippen LogP contribution in [0, 0.1) is 0 Å². The quantitative estimate of drug-likeness (QED) is 0.662. The summed E-state index contributed by atoms with van der Waals surface area (Å²) in [7, 11) is 0. The first-order valence-electron chi connectivity index (χ1n) is 10.2. The Labute approximate surface area is 179 Å². The van der Waals surface area contributed by atoms with Crippen LogP contribution in [0.3, 0.4) is 0 Å². The van der Waals surface area contributed by atoms with E-state index in [1.165, 1.54) is 4.90 Å². The van der Waals surface area contributed by atoms with Crippen LogP contribution in [0.4, 0.5) is 4.79 Å². The van der Waals surface area contributed by atoms with Gasteiger partial charge in [0.15, 0.2) is 5.79 Å². The predicted molar refractivity (Wildman–Crippen MR) is 106 cm³/mol. The molecule has 1 aromatic carbocycles. The fourth-order valence-corrected chi connectivity index (χ4v) is 3.95. The van der Waals surface area contributed by atoms with Gasteiger partial charge in [-0.2, -0.15) is 0 Å². The number of nitrogens with zero attached hydrogens (tertiary/aromatic N) is 1. The Hall–Kier alpha value is -2.98. The molecule has 10 heteroatoms. The summed E-state index contributed by atoms with van der Waals surface area (Å²) in [6.45, 7) is 4.53. The van der Waals surface area contributed by atoms with E-state index in [1.807, 2.05) is 12.1 Å². The van der Waals surface area contributed by atoms with Crippen LogP contribution in [-0.2, 0) is 36.9 Å². The van der Waals surface area contributed by atoms with Gasteiger partial charge in [-0.25, -0.2) is 4.79 Å². The zero-order valence-electron chi connectivity index (χ0n) is 17.4. The molecule has 4 rings (SSSR count). The van der Waals surface area contributed by atoms with Crippen molar-refractivity contribution in [2.75, 3.05) is 13.2 Å². The maximum atomic E-state index is 12.8. The molecular weight excluding hydrogens is 406 g/mol. The van der Waals surface area contributed by atoms with Crippen LogP contribution in [0.15, 0.2) is 18.2 Å². The van der Waals surface area contributed by atoms with E-state index in [-0.39, 0.29) is 37.5 Å². The Morgan fingerprint density at radius 1 is 1.32 bits per heavy atom. The van der Waals surface area contributed by atoms with Crippen LogP contribution in [0.5, 0.6) is 0 Å². The summed E-state index contributed by atoms with van der Waals surface area (Å²) in [5, 5.41) is 4.94. The van der Waals surface area contributed by atoms with Gasteiger partial charge in [-0.05, 0) is 37.5 Å². The van der Waals surface area contributed by atoms with Gasteiger partial charge in [-0.15, -0.1) is 0 Å². The first kappa shape index (κ1) is 21.3. The third-order valence-corrected chi connectivity index (χ3v) is 5.50. The molecule has 3 heterocycles. The second-order valence-corrected chi connectivity index (χ2v) is 8.29. The number of hydrogen-bond acceptors (Lipinski definition) is 7. The number of carbonyl (C=O) groups excluding carboxylic acids is 4. The lowest BCUT2D eigenvalue weighted by molar-refractivity contribution is -0.142. The van der Waals surface area contributed by atoms with Crippen molar-refractivity contribution in [3.8, 4) is 0 Å². The SMILES string of the molecule is CC1(C)OC[C@@H](COC(=O)NCc2ccc3c(c2)C(=O)N(C2CCC(=O)NC2=O)C3)O1. The predicted octanol–water partition coefficient (Wildman–Crippen LogP) is 0.825. The zero-order valence-corrected chi connectivity index (χ0v) is 17.4. The van der Waals surface area contributed by atoms with Crippen LogP contribution in [0.25, 0.3) is 0 Å². The molecule has 31 heavy (non-hydrogen) atoms. The van der Waals surface area contributed by atoms with Gasteiger partial charge in [-0.1, -0.05) is 12.1 Å². The third-order valence-electron chi connectivity index (χ3n) is 5.50. The Balaban J connectivity index is 1.30. The second kappa shape index (κ2) is 8.27. The molecule has 2 atom stereocenters. The normalized spacial score (nSPS) is 24.7. The van der Waals surface area contributed by atoms with E-state index in [2.05, 4.69) is 10.6 Å². The highest BCUT2D eigenvalue weighted by Gasteiger charge is 2.39. The van der Waals surface area contributed by atoms with E-state index < -0.39 is 23.8 Å². The summed E-state index contributed by atoms with van der Waals surface area (Å²) in [4.78, 5) is 49.8. The molecule has 0 radical (unpaired) electrons. The van der Waals surface area contributed by atoms with Gasteiger partial charge in [0, 0.05) is 25.1 Å². The Bertz CT molecular complexity index is 930. The maximum Gasteiger partial charge on any atom is 0.407 e. The number of rotatable bonds is 5. The van der Waals surface area contributed by atoms with E-state index in [1.54, 1.807) is 19.9 Å². The molecule has 1 aromatic rings. The van der Waals surface area contributed by atoms with Crippen LogP contribution in [0.1, 0.15) is 48.2 Å². The van der Waals surface area contributed by atoms with Crippen molar-refractivity contribution in [3.63, 3.8) is 0 Å². The summed E-state index contributed by atoms with van der Waals surface area (Å²) >= 11 is 0. The van der Waals surface area contributed by atoms with Gasteiger partial charge < -0.3 is 24.4 Å². The highest BCUT2D eigenvalue weighted by molar-refractivity contribution is 6.05. The third kappa shape index (κ3) is 4.70. The summed E-state index contributed by atoms with van der Waals surface area (Å²) in [5.74, 6) is -1.69. The molecule has 2 saturated heterocycles. The smallest absolute Gasteiger partial charge is 0.407 e. The monoisotopic (exact) mass is 431 g/mol. The average Bonchev–Trinajstić information content (AvgIpc) is 3.23. The molecule has 1 unspecified atom stereocenters. The fraction of sp³-hybridized carbons (Fsp3) is 0.524. The molecule has 0 bridgehead atoms. The second-order valence-electron chi connectivity index (χ2n) is 8.29. The van der Waals surface area contributed by atoms with Crippen molar-refractivity contribution < 1.29 is 33.4 Å². The topological polar surface area (TPSA) is 123 Å². The lowest BCUT2D eigenvalue weighted by atomic mass is 10.0. The van der Waals surface area contributed by atoms with E-state index in [0.29, 0.717) is 25.1 Å². The van der Waals surface area contributed by atoms with Crippen LogP contribution in [0.2, 0.25) is 0 Å². The molecule has 0 spiro atoms. The molecule has 2 fully saturated rings. The largest absolute Gasteiger partial charge is 0.447 e. The maximum absolute atomic E-state index is 12.8. The van der Waals surface area contributed by atoms with Gasteiger partial charge >= 0.3 is 6.09 Å². The molecule has 166 valence electrons. The molecule has 2 N–H and O–H groups in total. The summed E-state index contributed by atoms with van der Waals surface area (Å²) in [6.07, 6.45) is -0.372. The number of carbonyl (C=O) groups is 4. The molecule has 10 nitrogen and oxygen atoms in total. The van der Waals surface area contributed by atoms with Gasteiger partial charge in [0.05, 0.1) is 6.61 Å². The van der Waals surface area contributed by atoms with Crippen molar-refractivity contribution in [2.24, 2.45) is 0 Å². The summed E-state index contributed by atoms with van der Waals surface area (Å²) in [6, 6.07) is 4.69. The highest BCUT2D eigenvalue weighted by Crippen LogP contribution is 2.28. The standard InChI is InChI=1S/C21H25N3O7/c1-21(2)30-11-14(31-21)10-29-20(28)22-8-12-3-4-13-9-24(19(27)15(13)7-12)16-5-6-17(25)23-18(16)26/h3-4,7,14,16H,5-6,8-11H2,1-2H3,(H,22,28)(H,23,25,26)/t14-,16?/m1/s1. The Morgan fingerprint density at radius 2 is 2.13 bits per heavy atom. The summed E-state index contributed by atoms with van der Waals surface area (Å²) in [5.41, 5.74) is 2.04. The zero-order chi connectivity index (χ0) is 22.2. The minimum absolute atomic E-state index is 0.0822. The van der Waals surface area contributed by atoms with E-state index in [0.717, 1.165) is 11.1 Å². The lowest BCUT2D eigenvalue weighted by Gasteiger charge is -2.29. The van der Waals surface area contributed by atoms with E-state index in [9.17, 15) is 19.2 Å². The van der Waals surface area contributed by atoms with Crippen LogP contribution in [-0.4, -0.2) is 59.9 Å².